The van der Waals surface area contributed by atoms with E-state index in [2.05, 4.69) is 9.97 Å². The van der Waals surface area contributed by atoms with E-state index in [4.69, 9.17) is 16.3 Å². The second-order valence-electron chi connectivity index (χ2n) is 3.06. The molecule has 82 valence electrons. The number of methoxy groups -OCH3 is 1. The third kappa shape index (κ3) is 2.12. The lowest BCUT2D eigenvalue weighted by atomic mass is 10.1. The molecule has 3 nitrogen and oxygen atoms in total. The van der Waals surface area contributed by atoms with Gasteiger partial charge in [0.15, 0.2) is 0 Å². The Morgan fingerprint density at radius 3 is 2.81 bits per heavy atom. The first-order valence-electron chi connectivity index (χ1n) is 4.53. The highest BCUT2D eigenvalue weighted by Crippen LogP contribution is 2.29. The van der Waals surface area contributed by atoms with Gasteiger partial charge >= 0.3 is 0 Å². The monoisotopic (exact) mass is 238 g/mol. The van der Waals surface area contributed by atoms with E-state index in [0.29, 0.717) is 17.0 Å². The first-order valence-corrected chi connectivity index (χ1v) is 4.91. The predicted molar refractivity (Wildman–Crippen MR) is 59.0 cm³/mol. The van der Waals surface area contributed by atoms with Gasteiger partial charge < -0.3 is 4.74 Å². The van der Waals surface area contributed by atoms with Crippen LogP contribution in [-0.2, 0) is 0 Å². The van der Waals surface area contributed by atoms with E-state index in [1.165, 1.54) is 25.4 Å². The molecule has 0 fully saturated rings. The third-order valence-corrected chi connectivity index (χ3v) is 2.25. The van der Waals surface area contributed by atoms with Gasteiger partial charge in [-0.2, -0.15) is 0 Å². The van der Waals surface area contributed by atoms with Crippen molar-refractivity contribution < 1.29 is 9.13 Å². The first-order chi connectivity index (χ1) is 7.70. The molecule has 16 heavy (non-hydrogen) atoms. The molecule has 0 saturated heterocycles. The molecular formula is C11H8ClFN2O. The van der Waals surface area contributed by atoms with Crippen molar-refractivity contribution >= 4 is 11.6 Å². The van der Waals surface area contributed by atoms with Crippen molar-refractivity contribution in [2.75, 3.05) is 7.11 Å². The molecule has 0 aliphatic carbocycles. The molecule has 0 spiro atoms. The number of hydrogen-bond acceptors (Lipinski definition) is 3. The second-order valence-corrected chi connectivity index (χ2v) is 3.39. The molecule has 0 aliphatic rings. The summed E-state index contributed by atoms with van der Waals surface area (Å²) in [7, 11) is 1.47. The van der Waals surface area contributed by atoms with Crippen LogP contribution in [-0.4, -0.2) is 17.1 Å². The van der Waals surface area contributed by atoms with Crippen LogP contribution in [0.5, 0.6) is 5.75 Å². The van der Waals surface area contributed by atoms with Gasteiger partial charge in [0.25, 0.3) is 0 Å². The summed E-state index contributed by atoms with van der Waals surface area (Å²) in [5.41, 5.74) is 1.27. The number of aromatic nitrogens is 2. The Hall–Kier alpha value is -1.68. The van der Waals surface area contributed by atoms with Gasteiger partial charge in [-0.3, -0.25) is 0 Å². The third-order valence-electron chi connectivity index (χ3n) is 2.07. The minimum Gasteiger partial charge on any atom is -0.496 e. The zero-order valence-corrected chi connectivity index (χ0v) is 9.20. The van der Waals surface area contributed by atoms with Crippen molar-refractivity contribution in [2.24, 2.45) is 0 Å². The van der Waals surface area contributed by atoms with E-state index in [9.17, 15) is 4.39 Å². The summed E-state index contributed by atoms with van der Waals surface area (Å²) in [5.74, 6) is 0.0514. The van der Waals surface area contributed by atoms with Crippen LogP contribution in [0.25, 0.3) is 11.3 Å². The molecule has 2 aromatic rings. The van der Waals surface area contributed by atoms with Gasteiger partial charge in [-0.15, -0.1) is 0 Å². The fraction of sp³-hybridized carbons (Fsp3) is 0.0909. The lowest BCUT2D eigenvalue weighted by molar-refractivity contribution is 0.413. The molecule has 0 amide bonds. The predicted octanol–water partition coefficient (Wildman–Crippen LogP) is 2.94. The summed E-state index contributed by atoms with van der Waals surface area (Å²) < 4.78 is 18.1. The van der Waals surface area contributed by atoms with Crippen LogP contribution in [0.1, 0.15) is 0 Å². The molecule has 0 atom stereocenters. The van der Waals surface area contributed by atoms with Crippen LogP contribution in [0.2, 0.25) is 5.28 Å². The minimum atomic E-state index is -0.360. The summed E-state index contributed by atoms with van der Waals surface area (Å²) in [6, 6.07) is 5.91. The maximum atomic E-state index is 13.0. The SMILES string of the molecule is COc1cc(F)ccc1-c1ccnc(Cl)n1. The molecule has 0 radical (unpaired) electrons. The highest BCUT2D eigenvalue weighted by atomic mass is 35.5. The Balaban J connectivity index is 2.55. The standard InChI is InChI=1S/C11H8ClFN2O/c1-16-10-6-7(13)2-3-8(10)9-4-5-14-11(12)15-9/h2-6H,1H3. The zero-order valence-electron chi connectivity index (χ0n) is 8.45. The maximum Gasteiger partial charge on any atom is 0.222 e. The van der Waals surface area contributed by atoms with Crippen LogP contribution >= 0.6 is 11.6 Å². The van der Waals surface area contributed by atoms with E-state index in [0.717, 1.165) is 0 Å². The van der Waals surface area contributed by atoms with E-state index < -0.39 is 0 Å². The molecule has 2 rings (SSSR count). The summed E-state index contributed by atoms with van der Waals surface area (Å²) >= 11 is 5.68. The topological polar surface area (TPSA) is 35.0 Å². The molecule has 0 aliphatic heterocycles. The van der Waals surface area contributed by atoms with Gasteiger partial charge in [0.2, 0.25) is 5.28 Å². The summed E-state index contributed by atoms with van der Waals surface area (Å²) in [5, 5.41) is 0.142. The Bertz CT molecular complexity index is 519. The van der Waals surface area contributed by atoms with Crippen molar-refractivity contribution in [1.82, 2.24) is 9.97 Å². The quantitative estimate of drug-likeness (QED) is 0.755. The average molecular weight is 239 g/mol. The van der Waals surface area contributed by atoms with Crippen molar-refractivity contribution in [1.29, 1.82) is 0 Å². The number of benzene rings is 1. The fourth-order valence-corrected chi connectivity index (χ4v) is 1.51. The summed E-state index contributed by atoms with van der Waals surface area (Å²) in [6.45, 7) is 0. The van der Waals surface area contributed by atoms with Crippen molar-refractivity contribution in [2.45, 2.75) is 0 Å². The van der Waals surface area contributed by atoms with E-state index in [-0.39, 0.29) is 11.1 Å². The van der Waals surface area contributed by atoms with Crippen LogP contribution < -0.4 is 4.74 Å². The number of hydrogen-bond donors (Lipinski definition) is 0. The lowest BCUT2D eigenvalue weighted by Gasteiger charge is -2.07. The molecule has 0 bridgehead atoms. The molecule has 0 N–H and O–H groups in total. The van der Waals surface area contributed by atoms with Crippen molar-refractivity contribution in [3.05, 3.63) is 41.6 Å². The number of ether oxygens (including phenoxy) is 1. The van der Waals surface area contributed by atoms with Crippen LogP contribution in [0.3, 0.4) is 0 Å². The highest BCUT2D eigenvalue weighted by Gasteiger charge is 2.08. The minimum absolute atomic E-state index is 0.142. The Morgan fingerprint density at radius 2 is 2.12 bits per heavy atom. The van der Waals surface area contributed by atoms with Crippen LogP contribution in [0.15, 0.2) is 30.5 Å². The molecule has 1 aromatic heterocycles. The van der Waals surface area contributed by atoms with Crippen LogP contribution in [0, 0.1) is 5.82 Å². The van der Waals surface area contributed by atoms with Gasteiger partial charge in [0.05, 0.1) is 12.8 Å². The van der Waals surface area contributed by atoms with Crippen LogP contribution in [0.4, 0.5) is 4.39 Å². The largest absolute Gasteiger partial charge is 0.496 e. The average Bonchev–Trinajstić information content (AvgIpc) is 2.28. The van der Waals surface area contributed by atoms with Crippen molar-refractivity contribution in [3.63, 3.8) is 0 Å². The lowest BCUT2D eigenvalue weighted by Crippen LogP contribution is -1.92. The number of nitrogens with zero attached hydrogens (tertiary/aromatic N) is 2. The molecule has 1 aromatic carbocycles. The molecule has 1 heterocycles. The van der Waals surface area contributed by atoms with Gasteiger partial charge in [-0.25, -0.2) is 14.4 Å². The molecular weight excluding hydrogens is 231 g/mol. The van der Waals surface area contributed by atoms with Gasteiger partial charge in [0.1, 0.15) is 11.6 Å². The number of rotatable bonds is 2. The normalized spacial score (nSPS) is 10.2. The Morgan fingerprint density at radius 1 is 1.31 bits per heavy atom. The van der Waals surface area contributed by atoms with E-state index in [1.807, 2.05) is 0 Å². The van der Waals surface area contributed by atoms with Gasteiger partial charge in [-0.1, -0.05) is 0 Å². The zero-order chi connectivity index (χ0) is 11.5. The molecule has 0 unspecified atom stereocenters. The molecule has 5 heteroatoms. The summed E-state index contributed by atoms with van der Waals surface area (Å²) in [6.07, 6.45) is 1.54. The Kier molecular flexibility index (Phi) is 3.01. The smallest absolute Gasteiger partial charge is 0.222 e. The highest BCUT2D eigenvalue weighted by molar-refractivity contribution is 6.28. The fourth-order valence-electron chi connectivity index (χ4n) is 1.36. The van der Waals surface area contributed by atoms with Gasteiger partial charge in [0, 0.05) is 17.8 Å². The maximum absolute atomic E-state index is 13.0. The van der Waals surface area contributed by atoms with Gasteiger partial charge in [-0.05, 0) is 29.8 Å². The Labute approximate surface area is 96.9 Å². The van der Waals surface area contributed by atoms with E-state index >= 15 is 0 Å². The van der Waals surface area contributed by atoms with Crippen molar-refractivity contribution in [3.8, 4) is 17.0 Å². The summed E-state index contributed by atoms with van der Waals surface area (Å²) in [4.78, 5) is 7.81. The molecule has 0 saturated carbocycles. The number of halogens is 2. The van der Waals surface area contributed by atoms with E-state index in [1.54, 1.807) is 12.1 Å². The first kappa shape index (κ1) is 10.8. The second kappa shape index (κ2) is 4.45.